The van der Waals surface area contributed by atoms with Gasteiger partial charge in [0.25, 0.3) is 10.0 Å². The van der Waals surface area contributed by atoms with Crippen molar-refractivity contribution in [2.75, 3.05) is 0 Å². The Morgan fingerprint density at radius 1 is 1.22 bits per heavy atom. The molecule has 2 aromatic rings. The van der Waals surface area contributed by atoms with Crippen LogP contribution in [0.15, 0.2) is 52.5 Å². The monoisotopic (exact) mass is 352 g/mol. The number of aromatic hydroxyl groups is 1. The Labute approximate surface area is 140 Å². The van der Waals surface area contributed by atoms with Gasteiger partial charge in [-0.1, -0.05) is 37.1 Å². The van der Waals surface area contributed by atoms with E-state index in [2.05, 4.69) is 16.9 Å². The summed E-state index contributed by atoms with van der Waals surface area (Å²) in [5.74, 6) is -0.0405. The molecule has 2 aromatic carbocycles. The van der Waals surface area contributed by atoms with Gasteiger partial charge in [-0.2, -0.15) is 13.5 Å². The first-order valence-electron chi connectivity index (χ1n) is 7.04. The number of nitrogens with zero attached hydrogens (tertiary/aromatic N) is 1. The molecule has 0 aliphatic carbocycles. The quantitative estimate of drug-likeness (QED) is 0.618. The third-order valence-electron chi connectivity index (χ3n) is 3.14. The first kappa shape index (κ1) is 17.3. The molecule has 0 saturated heterocycles. The first-order valence-corrected chi connectivity index (χ1v) is 8.91. The number of hydrazone groups is 1. The van der Waals surface area contributed by atoms with Gasteiger partial charge in [0.05, 0.1) is 11.1 Å². The molecule has 0 radical (unpaired) electrons. The summed E-state index contributed by atoms with van der Waals surface area (Å²) in [4.78, 5) is 2.24. The summed E-state index contributed by atoms with van der Waals surface area (Å²) in [6.07, 6.45) is 3.10. The summed E-state index contributed by atoms with van der Waals surface area (Å²) in [5, 5.41) is 13.7. The summed E-state index contributed by atoms with van der Waals surface area (Å²) in [6, 6.07) is 11.1. The summed E-state index contributed by atoms with van der Waals surface area (Å²) >= 11 is 5.81. The highest BCUT2D eigenvalue weighted by molar-refractivity contribution is 7.89. The van der Waals surface area contributed by atoms with Crippen LogP contribution in [0.5, 0.6) is 5.75 Å². The molecule has 0 aromatic heterocycles. The molecule has 0 amide bonds. The number of benzene rings is 2. The normalized spacial score (nSPS) is 11.7. The lowest BCUT2D eigenvalue weighted by atomic mass is 10.1. The molecule has 122 valence electrons. The van der Waals surface area contributed by atoms with Crippen LogP contribution in [-0.4, -0.2) is 19.7 Å². The van der Waals surface area contributed by atoms with E-state index < -0.39 is 10.0 Å². The van der Waals surface area contributed by atoms with E-state index in [4.69, 9.17) is 11.6 Å². The van der Waals surface area contributed by atoms with Crippen LogP contribution < -0.4 is 4.83 Å². The van der Waals surface area contributed by atoms with Gasteiger partial charge in [-0.15, -0.1) is 0 Å². The van der Waals surface area contributed by atoms with Crippen LogP contribution >= 0.6 is 11.6 Å². The lowest BCUT2D eigenvalue weighted by molar-refractivity contribution is 0.474. The van der Waals surface area contributed by atoms with Crippen LogP contribution in [0.2, 0.25) is 5.02 Å². The van der Waals surface area contributed by atoms with Crippen LogP contribution in [-0.2, 0) is 16.4 Å². The molecule has 23 heavy (non-hydrogen) atoms. The molecule has 0 fully saturated rings. The zero-order chi connectivity index (χ0) is 16.9. The van der Waals surface area contributed by atoms with Gasteiger partial charge < -0.3 is 5.11 Å². The molecule has 0 atom stereocenters. The molecule has 0 saturated carbocycles. The lowest BCUT2D eigenvalue weighted by Crippen LogP contribution is -2.18. The molecule has 0 aliphatic rings. The van der Waals surface area contributed by atoms with E-state index in [1.54, 1.807) is 24.3 Å². The van der Waals surface area contributed by atoms with E-state index in [0.717, 1.165) is 18.4 Å². The Morgan fingerprint density at radius 3 is 2.57 bits per heavy atom. The maximum atomic E-state index is 12.1. The Kier molecular flexibility index (Phi) is 5.63. The van der Waals surface area contributed by atoms with Gasteiger partial charge in [-0.05, 0) is 42.3 Å². The number of aryl methyl sites for hydroxylation is 1. The highest BCUT2D eigenvalue weighted by Gasteiger charge is 2.12. The largest absolute Gasteiger partial charge is 0.507 e. The Bertz CT molecular complexity index is 803. The van der Waals surface area contributed by atoms with E-state index in [1.807, 2.05) is 0 Å². The standard InChI is InChI=1S/C16H17ClN2O3S/c1-2-3-12-4-7-15(8-5-12)23(21,22)19-18-11-13-10-14(17)6-9-16(13)20/h4-11,19-20H,2-3H2,1H3/b18-11+. The number of nitrogens with one attached hydrogen (secondary N) is 1. The van der Waals surface area contributed by atoms with Crippen LogP contribution in [0.4, 0.5) is 0 Å². The van der Waals surface area contributed by atoms with Crippen molar-refractivity contribution in [2.24, 2.45) is 5.10 Å². The molecule has 0 unspecified atom stereocenters. The van der Waals surface area contributed by atoms with E-state index in [-0.39, 0.29) is 10.6 Å². The van der Waals surface area contributed by atoms with Crippen molar-refractivity contribution < 1.29 is 13.5 Å². The summed E-state index contributed by atoms with van der Waals surface area (Å²) in [5.41, 5.74) is 1.40. The van der Waals surface area contributed by atoms with Crippen molar-refractivity contribution in [3.05, 3.63) is 58.6 Å². The number of phenols is 1. The molecule has 0 bridgehead atoms. The maximum absolute atomic E-state index is 12.1. The first-order chi connectivity index (χ1) is 10.9. The molecule has 0 spiro atoms. The van der Waals surface area contributed by atoms with Crippen molar-refractivity contribution >= 4 is 27.8 Å². The molecule has 0 heterocycles. The summed E-state index contributed by atoms with van der Waals surface area (Å²) in [7, 11) is -3.75. The van der Waals surface area contributed by atoms with Crippen molar-refractivity contribution in [2.45, 2.75) is 24.7 Å². The highest BCUT2D eigenvalue weighted by atomic mass is 35.5. The fourth-order valence-corrected chi connectivity index (χ4v) is 2.94. The van der Waals surface area contributed by atoms with E-state index in [0.29, 0.717) is 10.6 Å². The topological polar surface area (TPSA) is 78.8 Å². The van der Waals surface area contributed by atoms with Gasteiger partial charge in [0, 0.05) is 10.6 Å². The molecule has 5 nitrogen and oxygen atoms in total. The molecule has 0 aliphatic heterocycles. The minimum absolute atomic E-state index is 0.0405. The second-order valence-corrected chi connectivity index (χ2v) is 7.05. The van der Waals surface area contributed by atoms with Crippen LogP contribution in [0, 0.1) is 0 Å². The number of phenolic OH excluding ortho intramolecular Hbond substituents is 1. The number of sulfonamides is 1. The molecule has 2 N–H and O–H groups in total. The summed E-state index contributed by atoms with van der Waals surface area (Å²) in [6.45, 7) is 2.06. The SMILES string of the molecule is CCCc1ccc(S(=O)(=O)N/N=C/c2cc(Cl)ccc2O)cc1. The van der Waals surface area contributed by atoms with Crippen molar-refractivity contribution in [3.63, 3.8) is 0 Å². The van der Waals surface area contributed by atoms with Gasteiger partial charge in [-0.3, -0.25) is 0 Å². The molecular weight excluding hydrogens is 336 g/mol. The third kappa shape index (κ3) is 4.71. The molecular formula is C16H17ClN2O3S. The molecule has 2 rings (SSSR count). The Morgan fingerprint density at radius 2 is 1.91 bits per heavy atom. The zero-order valence-electron chi connectivity index (χ0n) is 12.5. The predicted molar refractivity (Wildman–Crippen MR) is 91.5 cm³/mol. The number of hydrogen-bond donors (Lipinski definition) is 2. The van der Waals surface area contributed by atoms with Crippen molar-refractivity contribution in [1.82, 2.24) is 4.83 Å². The van der Waals surface area contributed by atoms with E-state index >= 15 is 0 Å². The number of halogens is 1. The van der Waals surface area contributed by atoms with E-state index in [9.17, 15) is 13.5 Å². The van der Waals surface area contributed by atoms with Crippen LogP contribution in [0.25, 0.3) is 0 Å². The summed E-state index contributed by atoms with van der Waals surface area (Å²) < 4.78 is 24.3. The maximum Gasteiger partial charge on any atom is 0.276 e. The van der Waals surface area contributed by atoms with Gasteiger partial charge in [0.1, 0.15) is 5.75 Å². The van der Waals surface area contributed by atoms with Gasteiger partial charge in [0.15, 0.2) is 0 Å². The fraction of sp³-hybridized carbons (Fsp3) is 0.188. The van der Waals surface area contributed by atoms with Crippen LogP contribution in [0.3, 0.4) is 0 Å². The minimum Gasteiger partial charge on any atom is -0.507 e. The third-order valence-corrected chi connectivity index (χ3v) is 4.61. The highest BCUT2D eigenvalue weighted by Crippen LogP contribution is 2.19. The number of rotatable bonds is 6. The minimum atomic E-state index is -3.75. The van der Waals surface area contributed by atoms with Gasteiger partial charge >= 0.3 is 0 Å². The Balaban J connectivity index is 2.11. The zero-order valence-corrected chi connectivity index (χ0v) is 14.1. The second-order valence-electron chi connectivity index (χ2n) is 4.95. The second kappa shape index (κ2) is 7.48. The fourth-order valence-electron chi connectivity index (χ4n) is 1.97. The van der Waals surface area contributed by atoms with Gasteiger partial charge in [0.2, 0.25) is 0 Å². The van der Waals surface area contributed by atoms with Crippen molar-refractivity contribution in [3.8, 4) is 5.75 Å². The number of hydrogen-bond acceptors (Lipinski definition) is 4. The smallest absolute Gasteiger partial charge is 0.276 e. The van der Waals surface area contributed by atoms with E-state index in [1.165, 1.54) is 24.4 Å². The average Bonchev–Trinajstić information content (AvgIpc) is 2.51. The lowest BCUT2D eigenvalue weighted by Gasteiger charge is -2.05. The van der Waals surface area contributed by atoms with Crippen LogP contribution in [0.1, 0.15) is 24.5 Å². The molecule has 7 heteroatoms. The van der Waals surface area contributed by atoms with Crippen molar-refractivity contribution in [1.29, 1.82) is 0 Å². The predicted octanol–water partition coefficient (Wildman–Crippen LogP) is 3.31. The average molecular weight is 353 g/mol. The Hall–Kier alpha value is -2.05. The van der Waals surface area contributed by atoms with Gasteiger partial charge in [-0.25, -0.2) is 4.83 Å².